The van der Waals surface area contributed by atoms with Gasteiger partial charge in [-0.15, -0.1) is 0 Å². The molecule has 9 heteroatoms. The highest BCUT2D eigenvalue weighted by Crippen LogP contribution is 2.23. The molecule has 0 atom stereocenters. The number of alkyl halides is 3. The second kappa shape index (κ2) is 9.25. The topological polar surface area (TPSA) is 64.4 Å². The quantitative estimate of drug-likeness (QED) is 0.570. The fourth-order valence-corrected chi connectivity index (χ4v) is 4.10. The van der Waals surface area contributed by atoms with Crippen molar-refractivity contribution in [1.29, 1.82) is 0 Å². The molecule has 2 aromatic carbocycles. The highest BCUT2D eigenvalue weighted by Gasteiger charge is 2.33. The molecule has 4 rings (SSSR count). The number of fused-ring (bicyclic) bond motifs is 2. The smallest absolute Gasteiger partial charge is 0.406 e. The molecule has 0 unspecified atom stereocenters. The number of halogens is 3. The standard InChI is InChI=1S/C24H24F3N3O3/c1-33-18-9-6-16(7-10-18)14-29(15-24(25,26)27)22(31)17-8-11-19-20(13-17)28-21-5-3-2-4-12-30(21)23(19)32/h6-11,13H,2-5,12,14-15H2,1H3. The highest BCUT2D eigenvalue weighted by atomic mass is 19.4. The lowest BCUT2D eigenvalue weighted by atomic mass is 10.1. The minimum atomic E-state index is -4.56. The molecule has 2 heterocycles. The molecule has 174 valence electrons. The number of benzene rings is 2. The minimum absolute atomic E-state index is 0.0609. The molecule has 0 bridgehead atoms. The Morgan fingerprint density at radius 3 is 2.58 bits per heavy atom. The largest absolute Gasteiger partial charge is 0.497 e. The van der Waals surface area contributed by atoms with Gasteiger partial charge in [-0.05, 0) is 48.7 Å². The zero-order chi connectivity index (χ0) is 23.6. The summed E-state index contributed by atoms with van der Waals surface area (Å²) in [6.07, 6.45) is -1.10. The molecule has 1 amide bonds. The van der Waals surface area contributed by atoms with E-state index in [9.17, 15) is 22.8 Å². The number of aryl methyl sites for hydroxylation is 1. The lowest BCUT2D eigenvalue weighted by Gasteiger charge is -2.24. The number of rotatable bonds is 5. The number of amides is 1. The average molecular weight is 459 g/mol. The first kappa shape index (κ1) is 22.8. The molecular formula is C24H24F3N3O3. The van der Waals surface area contributed by atoms with Crippen LogP contribution in [0.15, 0.2) is 47.3 Å². The van der Waals surface area contributed by atoms with E-state index in [1.165, 1.54) is 25.3 Å². The maximum atomic E-state index is 13.3. The maximum Gasteiger partial charge on any atom is 0.406 e. The summed E-state index contributed by atoms with van der Waals surface area (Å²) in [5.41, 5.74) is 0.748. The number of ether oxygens (including phenoxy) is 1. The van der Waals surface area contributed by atoms with Crippen LogP contribution in [0.5, 0.6) is 5.75 Å². The van der Waals surface area contributed by atoms with Crippen LogP contribution in [0.3, 0.4) is 0 Å². The molecule has 0 saturated heterocycles. The third-order valence-electron chi connectivity index (χ3n) is 5.75. The van der Waals surface area contributed by atoms with Crippen molar-refractivity contribution in [3.8, 4) is 5.75 Å². The summed E-state index contributed by atoms with van der Waals surface area (Å²) in [5.74, 6) is 0.445. The van der Waals surface area contributed by atoms with Crippen molar-refractivity contribution in [2.24, 2.45) is 0 Å². The number of hydrogen-bond donors (Lipinski definition) is 0. The van der Waals surface area contributed by atoms with E-state index in [0.29, 0.717) is 41.0 Å². The van der Waals surface area contributed by atoms with Crippen molar-refractivity contribution in [2.75, 3.05) is 13.7 Å². The van der Waals surface area contributed by atoms with Crippen molar-refractivity contribution >= 4 is 16.8 Å². The second-order valence-corrected chi connectivity index (χ2v) is 8.15. The Morgan fingerprint density at radius 1 is 1.12 bits per heavy atom. The van der Waals surface area contributed by atoms with Crippen LogP contribution in [0.25, 0.3) is 10.9 Å². The molecule has 0 spiro atoms. The number of methoxy groups -OCH3 is 1. The second-order valence-electron chi connectivity index (χ2n) is 8.15. The Labute approximate surface area is 188 Å². The normalized spacial score (nSPS) is 13.9. The van der Waals surface area contributed by atoms with Gasteiger partial charge in [-0.3, -0.25) is 14.2 Å². The first-order valence-electron chi connectivity index (χ1n) is 10.8. The van der Waals surface area contributed by atoms with Crippen molar-refractivity contribution in [3.05, 3.63) is 69.8 Å². The van der Waals surface area contributed by atoms with E-state index in [1.807, 2.05) is 0 Å². The third-order valence-corrected chi connectivity index (χ3v) is 5.75. The number of aromatic nitrogens is 2. The van der Waals surface area contributed by atoms with Gasteiger partial charge < -0.3 is 9.64 Å². The monoisotopic (exact) mass is 459 g/mol. The highest BCUT2D eigenvalue weighted by molar-refractivity contribution is 5.97. The first-order valence-corrected chi connectivity index (χ1v) is 10.8. The summed E-state index contributed by atoms with van der Waals surface area (Å²) in [5, 5.41) is 0.356. The van der Waals surface area contributed by atoms with Gasteiger partial charge in [0.2, 0.25) is 0 Å². The van der Waals surface area contributed by atoms with Crippen molar-refractivity contribution in [3.63, 3.8) is 0 Å². The van der Waals surface area contributed by atoms with E-state index in [0.717, 1.165) is 24.2 Å². The Hall–Kier alpha value is -3.36. The van der Waals surface area contributed by atoms with Gasteiger partial charge in [0, 0.05) is 25.1 Å². The van der Waals surface area contributed by atoms with E-state index in [1.54, 1.807) is 28.8 Å². The van der Waals surface area contributed by atoms with Gasteiger partial charge in [0.1, 0.15) is 18.1 Å². The molecule has 0 radical (unpaired) electrons. The Kier molecular flexibility index (Phi) is 6.40. The van der Waals surface area contributed by atoms with E-state index in [4.69, 9.17) is 4.74 Å². The molecule has 0 fully saturated rings. The summed E-state index contributed by atoms with van der Waals surface area (Å²) >= 11 is 0. The molecule has 0 N–H and O–H groups in total. The van der Waals surface area contributed by atoms with Gasteiger partial charge in [-0.25, -0.2) is 4.98 Å². The van der Waals surface area contributed by atoms with E-state index in [-0.39, 0.29) is 17.7 Å². The van der Waals surface area contributed by atoms with Crippen molar-refractivity contribution in [1.82, 2.24) is 14.5 Å². The van der Waals surface area contributed by atoms with Crippen LogP contribution in [0.4, 0.5) is 13.2 Å². The van der Waals surface area contributed by atoms with Crippen molar-refractivity contribution in [2.45, 2.75) is 44.9 Å². The summed E-state index contributed by atoms with van der Waals surface area (Å²) < 4.78 is 46.5. The molecule has 1 aliphatic heterocycles. The molecule has 1 aliphatic rings. The molecule has 1 aromatic heterocycles. The van der Waals surface area contributed by atoms with Gasteiger partial charge in [0.15, 0.2) is 0 Å². The Morgan fingerprint density at radius 2 is 1.88 bits per heavy atom. The zero-order valence-corrected chi connectivity index (χ0v) is 18.2. The Balaban J connectivity index is 1.68. The minimum Gasteiger partial charge on any atom is -0.497 e. The summed E-state index contributed by atoms with van der Waals surface area (Å²) in [7, 11) is 1.49. The van der Waals surface area contributed by atoms with Crippen LogP contribution in [-0.4, -0.2) is 40.2 Å². The summed E-state index contributed by atoms with van der Waals surface area (Å²) in [6, 6.07) is 10.8. The van der Waals surface area contributed by atoms with Crippen LogP contribution >= 0.6 is 0 Å². The van der Waals surface area contributed by atoms with Gasteiger partial charge in [0.05, 0.1) is 18.0 Å². The molecule has 3 aromatic rings. The lowest BCUT2D eigenvalue weighted by Crippen LogP contribution is -2.38. The van der Waals surface area contributed by atoms with Crippen LogP contribution < -0.4 is 10.3 Å². The fraction of sp³-hybridized carbons (Fsp3) is 0.375. The van der Waals surface area contributed by atoms with Crippen LogP contribution in [0, 0.1) is 0 Å². The SMILES string of the molecule is COc1ccc(CN(CC(F)(F)F)C(=O)c2ccc3c(=O)n4c(nc3c2)CCCCC4)cc1. The number of nitrogens with zero attached hydrogens (tertiary/aromatic N) is 3. The van der Waals surface area contributed by atoms with Crippen LogP contribution in [0.2, 0.25) is 0 Å². The molecule has 0 saturated carbocycles. The van der Waals surface area contributed by atoms with Gasteiger partial charge in [0.25, 0.3) is 11.5 Å². The molecule has 0 aliphatic carbocycles. The van der Waals surface area contributed by atoms with Gasteiger partial charge >= 0.3 is 6.18 Å². The summed E-state index contributed by atoms with van der Waals surface area (Å²) in [4.78, 5) is 31.3. The van der Waals surface area contributed by atoms with Crippen molar-refractivity contribution < 1.29 is 22.7 Å². The van der Waals surface area contributed by atoms with Crippen LogP contribution in [0.1, 0.15) is 41.0 Å². The van der Waals surface area contributed by atoms with Gasteiger partial charge in [-0.2, -0.15) is 13.2 Å². The van der Waals surface area contributed by atoms with Crippen LogP contribution in [-0.2, 0) is 19.5 Å². The van der Waals surface area contributed by atoms with E-state index < -0.39 is 18.6 Å². The molecular weight excluding hydrogens is 435 g/mol. The van der Waals surface area contributed by atoms with E-state index in [2.05, 4.69) is 4.98 Å². The molecule has 33 heavy (non-hydrogen) atoms. The number of hydrogen-bond acceptors (Lipinski definition) is 4. The fourth-order valence-electron chi connectivity index (χ4n) is 4.10. The Bertz CT molecular complexity index is 1220. The third kappa shape index (κ3) is 5.18. The first-order chi connectivity index (χ1) is 15.7. The van der Waals surface area contributed by atoms with E-state index >= 15 is 0 Å². The lowest BCUT2D eigenvalue weighted by molar-refractivity contribution is -0.141. The number of carbonyl (C=O) groups excluding carboxylic acids is 1. The zero-order valence-electron chi connectivity index (χ0n) is 18.2. The maximum absolute atomic E-state index is 13.3. The average Bonchev–Trinajstić information content (AvgIpc) is 3.03. The van der Waals surface area contributed by atoms with Gasteiger partial charge in [-0.1, -0.05) is 18.6 Å². The predicted molar refractivity (Wildman–Crippen MR) is 117 cm³/mol. The molecule has 6 nitrogen and oxygen atoms in total. The predicted octanol–water partition coefficient (Wildman–Crippen LogP) is 4.34. The summed E-state index contributed by atoms with van der Waals surface area (Å²) in [6.45, 7) is -1.02. The number of carbonyl (C=O) groups is 1.